The molecule has 0 atom stereocenters. The van der Waals surface area contributed by atoms with E-state index in [4.69, 9.17) is 12.2 Å². The number of nitrogens with one attached hydrogen (secondary N) is 2. The third-order valence-corrected chi connectivity index (χ3v) is 3.07. The molecule has 21 heavy (non-hydrogen) atoms. The van der Waals surface area contributed by atoms with Gasteiger partial charge in [-0.15, -0.1) is 0 Å². The first-order chi connectivity index (χ1) is 10.1. The summed E-state index contributed by atoms with van der Waals surface area (Å²) in [6, 6.07) is 16.8. The minimum atomic E-state index is -0.404. The van der Waals surface area contributed by atoms with Crippen molar-refractivity contribution in [2.45, 2.75) is 6.42 Å². The lowest BCUT2D eigenvalue weighted by Crippen LogP contribution is -2.30. The summed E-state index contributed by atoms with van der Waals surface area (Å²) in [4.78, 5) is 10.2. The highest BCUT2D eigenvalue weighted by Crippen LogP contribution is 2.12. The van der Waals surface area contributed by atoms with E-state index < -0.39 is 4.92 Å². The van der Waals surface area contributed by atoms with Gasteiger partial charge < -0.3 is 10.6 Å². The van der Waals surface area contributed by atoms with Crippen molar-refractivity contribution >= 4 is 28.7 Å². The van der Waals surface area contributed by atoms with Crippen LogP contribution in [0.3, 0.4) is 0 Å². The largest absolute Gasteiger partial charge is 0.362 e. The molecule has 0 saturated carbocycles. The quantitative estimate of drug-likeness (QED) is 0.505. The molecule has 0 aliphatic rings. The van der Waals surface area contributed by atoms with Crippen molar-refractivity contribution in [3.8, 4) is 0 Å². The smallest absolute Gasteiger partial charge is 0.269 e. The zero-order chi connectivity index (χ0) is 15.1. The third-order valence-electron chi connectivity index (χ3n) is 2.82. The van der Waals surface area contributed by atoms with E-state index >= 15 is 0 Å². The van der Waals surface area contributed by atoms with Crippen LogP contribution in [0.1, 0.15) is 5.56 Å². The van der Waals surface area contributed by atoms with Crippen molar-refractivity contribution in [2.75, 3.05) is 11.9 Å². The number of hydrogen-bond donors (Lipinski definition) is 2. The van der Waals surface area contributed by atoms with Crippen molar-refractivity contribution in [1.29, 1.82) is 0 Å². The Kier molecular flexibility index (Phi) is 5.22. The Balaban J connectivity index is 1.76. The number of anilines is 1. The Bertz CT molecular complexity index is 615. The molecule has 0 bridgehead atoms. The monoisotopic (exact) mass is 300 g/mol. The maximum Gasteiger partial charge on any atom is 0.269 e. The Hall–Kier alpha value is -2.47. The summed E-state index contributed by atoms with van der Waals surface area (Å²) in [5.41, 5.74) is 2.02. The maximum absolute atomic E-state index is 10.6. The number of benzene rings is 2. The second-order valence-electron chi connectivity index (χ2n) is 4.34. The molecule has 1 radical (unpaired) electrons. The van der Waals surface area contributed by atoms with E-state index in [1.165, 1.54) is 12.1 Å². The zero-order valence-electron chi connectivity index (χ0n) is 11.2. The predicted octanol–water partition coefficient (Wildman–Crippen LogP) is 2.92. The molecular formula is C15H14N3O2S. The first-order valence-electron chi connectivity index (χ1n) is 6.39. The summed E-state index contributed by atoms with van der Waals surface area (Å²) in [7, 11) is 0. The van der Waals surface area contributed by atoms with Crippen molar-refractivity contribution in [3.63, 3.8) is 0 Å². The van der Waals surface area contributed by atoms with Gasteiger partial charge in [-0.2, -0.15) is 0 Å². The fraction of sp³-hybridized carbons (Fsp3) is 0.133. The highest BCUT2D eigenvalue weighted by atomic mass is 32.1. The molecule has 0 amide bonds. The summed E-state index contributed by atoms with van der Waals surface area (Å²) < 4.78 is 0. The highest BCUT2D eigenvalue weighted by molar-refractivity contribution is 7.80. The van der Waals surface area contributed by atoms with E-state index in [1.807, 2.05) is 24.3 Å². The van der Waals surface area contributed by atoms with Crippen LogP contribution >= 0.6 is 12.2 Å². The van der Waals surface area contributed by atoms with Gasteiger partial charge in [0.1, 0.15) is 0 Å². The molecule has 0 aliphatic carbocycles. The number of nitro groups is 1. The number of hydrogen-bond acceptors (Lipinski definition) is 3. The molecule has 5 nitrogen and oxygen atoms in total. The van der Waals surface area contributed by atoms with Crippen LogP contribution in [0.5, 0.6) is 0 Å². The Morgan fingerprint density at radius 2 is 1.86 bits per heavy atom. The van der Waals surface area contributed by atoms with Gasteiger partial charge in [-0.3, -0.25) is 10.1 Å². The van der Waals surface area contributed by atoms with Gasteiger partial charge in [-0.1, -0.05) is 24.3 Å². The van der Waals surface area contributed by atoms with E-state index in [0.29, 0.717) is 11.7 Å². The van der Waals surface area contributed by atoms with Gasteiger partial charge in [0, 0.05) is 24.4 Å². The summed E-state index contributed by atoms with van der Waals surface area (Å²) in [5.74, 6) is 0. The summed E-state index contributed by atoms with van der Waals surface area (Å²) >= 11 is 5.18. The van der Waals surface area contributed by atoms with E-state index in [2.05, 4.69) is 16.7 Å². The normalized spacial score (nSPS) is 9.90. The van der Waals surface area contributed by atoms with Crippen molar-refractivity contribution in [2.24, 2.45) is 0 Å². The molecule has 107 valence electrons. The van der Waals surface area contributed by atoms with Crippen LogP contribution in [-0.2, 0) is 6.42 Å². The minimum absolute atomic E-state index is 0.102. The molecule has 2 rings (SSSR count). The number of non-ortho nitro benzene ring substituents is 1. The summed E-state index contributed by atoms with van der Waals surface area (Å²) in [6.07, 6.45) is 0.738. The SMILES string of the molecule is O=[N+]([O-])c1ccc(CCNC(=S)Nc2cc[c]cc2)cc1. The standard InChI is InChI=1S/C15H14N3O2S/c19-18(20)14-8-6-12(7-9-14)10-11-16-15(21)17-13-4-2-1-3-5-13/h2-9H,10-11H2,(H2,16,17,21). The van der Waals surface area contributed by atoms with Crippen LogP contribution in [0, 0.1) is 16.2 Å². The van der Waals surface area contributed by atoms with Crippen molar-refractivity contribution < 1.29 is 4.92 Å². The van der Waals surface area contributed by atoms with Crippen LogP contribution in [0.15, 0.2) is 48.5 Å². The lowest BCUT2D eigenvalue weighted by Gasteiger charge is -2.10. The molecule has 0 aromatic heterocycles. The van der Waals surface area contributed by atoms with Gasteiger partial charge in [-0.25, -0.2) is 0 Å². The van der Waals surface area contributed by atoms with Gasteiger partial charge in [-0.05, 0) is 42.4 Å². The van der Waals surface area contributed by atoms with Crippen LogP contribution in [0.2, 0.25) is 0 Å². The second-order valence-corrected chi connectivity index (χ2v) is 4.75. The van der Waals surface area contributed by atoms with Crippen LogP contribution in [0.4, 0.5) is 11.4 Å². The second kappa shape index (κ2) is 7.35. The van der Waals surface area contributed by atoms with Crippen molar-refractivity contribution in [1.82, 2.24) is 5.32 Å². The van der Waals surface area contributed by atoms with Crippen LogP contribution in [-0.4, -0.2) is 16.6 Å². The zero-order valence-corrected chi connectivity index (χ0v) is 12.0. The van der Waals surface area contributed by atoms with E-state index in [1.54, 1.807) is 12.1 Å². The predicted molar refractivity (Wildman–Crippen MR) is 86.3 cm³/mol. The van der Waals surface area contributed by atoms with Gasteiger partial charge in [0.25, 0.3) is 5.69 Å². The highest BCUT2D eigenvalue weighted by Gasteiger charge is 2.03. The van der Waals surface area contributed by atoms with Gasteiger partial charge >= 0.3 is 0 Å². The Labute approximate surface area is 128 Å². The molecule has 0 heterocycles. The molecule has 2 aromatic rings. The van der Waals surface area contributed by atoms with Gasteiger partial charge in [0.15, 0.2) is 5.11 Å². The molecule has 0 unspecified atom stereocenters. The topological polar surface area (TPSA) is 67.2 Å². The lowest BCUT2D eigenvalue weighted by molar-refractivity contribution is -0.384. The fourth-order valence-corrected chi connectivity index (χ4v) is 1.97. The summed E-state index contributed by atoms with van der Waals surface area (Å²) in [6.45, 7) is 0.655. The fourth-order valence-electron chi connectivity index (χ4n) is 1.75. The van der Waals surface area contributed by atoms with Gasteiger partial charge in [0.05, 0.1) is 4.92 Å². The first-order valence-corrected chi connectivity index (χ1v) is 6.80. The van der Waals surface area contributed by atoms with Crippen molar-refractivity contribution in [3.05, 3.63) is 70.3 Å². The molecule has 0 fully saturated rings. The number of nitrogens with zero attached hydrogens (tertiary/aromatic N) is 1. The Morgan fingerprint density at radius 1 is 1.19 bits per heavy atom. The first kappa shape index (κ1) is 14.9. The number of nitro benzene ring substituents is 1. The Morgan fingerprint density at radius 3 is 2.48 bits per heavy atom. The molecule has 6 heteroatoms. The van der Waals surface area contributed by atoms with E-state index in [-0.39, 0.29) is 5.69 Å². The lowest BCUT2D eigenvalue weighted by atomic mass is 10.1. The molecular weight excluding hydrogens is 286 g/mol. The average molecular weight is 300 g/mol. The number of thiocarbonyl (C=S) groups is 1. The van der Waals surface area contributed by atoms with Crippen LogP contribution < -0.4 is 10.6 Å². The summed E-state index contributed by atoms with van der Waals surface area (Å²) in [5, 5.41) is 17.3. The molecule has 0 saturated heterocycles. The minimum Gasteiger partial charge on any atom is -0.362 e. The van der Waals surface area contributed by atoms with E-state index in [0.717, 1.165) is 17.7 Å². The third kappa shape index (κ3) is 4.85. The number of rotatable bonds is 5. The molecule has 2 N–H and O–H groups in total. The average Bonchev–Trinajstić information content (AvgIpc) is 2.49. The molecule has 0 spiro atoms. The van der Waals surface area contributed by atoms with Crippen LogP contribution in [0.25, 0.3) is 0 Å². The van der Waals surface area contributed by atoms with E-state index in [9.17, 15) is 10.1 Å². The maximum atomic E-state index is 10.6. The molecule has 2 aromatic carbocycles. The van der Waals surface area contributed by atoms with Gasteiger partial charge in [0.2, 0.25) is 0 Å². The molecule has 0 aliphatic heterocycles.